The molecule has 2 heterocycles. The Bertz CT molecular complexity index is 255. The summed E-state index contributed by atoms with van der Waals surface area (Å²) in [6.07, 6.45) is 0. The van der Waals surface area contributed by atoms with Crippen LogP contribution in [0.3, 0.4) is 0 Å². The second-order valence-electron chi connectivity index (χ2n) is 3.83. The van der Waals surface area contributed by atoms with Gasteiger partial charge < -0.3 is 11.1 Å². The lowest BCUT2D eigenvalue weighted by molar-refractivity contribution is 0.259. The van der Waals surface area contributed by atoms with E-state index < -0.39 is 9.84 Å². The maximum atomic E-state index is 11.3. The largest absolute Gasteiger partial charge is 0.327 e. The van der Waals surface area contributed by atoms with Crippen molar-refractivity contribution in [1.82, 2.24) is 5.32 Å². The first-order valence-electron chi connectivity index (χ1n) is 4.25. The number of piperidine rings is 1. The van der Waals surface area contributed by atoms with Gasteiger partial charge in [0.15, 0.2) is 9.84 Å². The van der Waals surface area contributed by atoms with Gasteiger partial charge >= 0.3 is 0 Å². The third-order valence-corrected chi connectivity index (χ3v) is 4.71. The molecule has 2 aliphatic rings. The van der Waals surface area contributed by atoms with E-state index >= 15 is 0 Å². The number of hydrogen-bond acceptors (Lipinski definition) is 4. The molecule has 0 saturated carbocycles. The molecule has 70 valence electrons. The van der Waals surface area contributed by atoms with Crippen LogP contribution in [0.5, 0.6) is 0 Å². The van der Waals surface area contributed by atoms with Crippen molar-refractivity contribution in [3.63, 3.8) is 0 Å². The van der Waals surface area contributed by atoms with Gasteiger partial charge in [0, 0.05) is 31.0 Å². The van der Waals surface area contributed by atoms with Crippen LogP contribution in [-0.2, 0) is 9.84 Å². The highest BCUT2D eigenvalue weighted by Gasteiger charge is 2.40. The number of fused-ring (bicyclic) bond motifs is 2. The minimum atomic E-state index is -2.79. The monoisotopic (exact) mass is 190 g/mol. The zero-order chi connectivity index (χ0) is 8.77. The second kappa shape index (κ2) is 2.68. The Morgan fingerprint density at radius 1 is 1.17 bits per heavy atom. The number of nitrogens with two attached hydrogens (primary N) is 1. The quantitative estimate of drug-likeness (QED) is 0.491. The molecule has 0 aliphatic carbocycles. The maximum absolute atomic E-state index is 11.3. The van der Waals surface area contributed by atoms with Gasteiger partial charge in [0.1, 0.15) is 0 Å². The van der Waals surface area contributed by atoms with Gasteiger partial charge in [-0.1, -0.05) is 0 Å². The van der Waals surface area contributed by atoms with Crippen LogP contribution in [0.15, 0.2) is 0 Å². The van der Waals surface area contributed by atoms with E-state index in [9.17, 15) is 8.42 Å². The number of rotatable bonds is 0. The first kappa shape index (κ1) is 8.47. The van der Waals surface area contributed by atoms with Crippen LogP contribution in [0.1, 0.15) is 0 Å². The molecule has 0 radical (unpaired) electrons. The van der Waals surface area contributed by atoms with E-state index in [0.29, 0.717) is 0 Å². The highest BCUT2D eigenvalue weighted by molar-refractivity contribution is 7.91. The van der Waals surface area contributed by atoms with Crippen molar-refractivity contribution in [2.45, 2.75) is 6.04 Å². The molecular weight excluding hydrogens is 176 g/mol. The van der Waals surface area contributed by atoms with E-state index in [4.69, 9.17) is 5.73 Å². The first-order chi connectivity index (χ1) is 5.58. The molecule has 0 amide bonds. The molecule has 0 spiro atoms. The number of nitrogens with one attached hydrogen (secondary N) is 1. The van der Waals surface area contributed by atoms with E-state index in [1.54, 1.807) is 0 Å². The van der Waals surface area contributed by atoms with Crippen molar-refractivity contribution < 1.29 is 8.42 Å². The third kappa shape index (κ3) is 1.36. The van der Waals surface area contributed by atoms with Gasteiger partial charge in [0.05, 0.1) is 11.5 Å². The van der Waals surface area contributed by atoms with Crippen LogP contribution in [0.2, 0.25) is 0 Å². The lowest BCUT2D eigenvalue weighted by Crippen LogP contribution is -2.59. The molecule has 1 unspecified atom stereocenters. The summed E-state index contributed by atoms with van der Waals surface area (Å²) < 4.78 is 22.7. The molecule has 12 heavy (non-hydrogen) atoms. The molecule has 2 bridgehead atoms. The van der Waals surface area contributed by atoms with Gasteiger partial charge in [-0.15, -0.1) is 0 Å². The summed E-state index contributed by atoms with van der Waals surface area (Å²) in [4.78, 5) is 0. The molecule has 3 N–H and O–H groups in total. The van der Waals surface area contributed by atoms with Crippen LogP contribution in [0.4, 0.5) is 0 Å². The molecule has 2 fully saturated rings. The molecule has 0 aromatic carbocycles. The number of sulfone groups is 1. The topological polar surface area (TPSA) is 72.2 Å². The van der Waals surface area contributed by atoms with Crippen molar-refractivity contribution in [1.29, 1.82) is 0 Å². The predicted molar refractivity (Wildman–Crippen MR) is 46.5 cm³/mol. The normalized spacial score (nSPS) is 45.6. The van der Waals surface area contributed by atoms with Crippen molar-refractivity contribution in [3.05, 3.63) is 0 Å². The Balaban J connectivity index is 2.23. The molecule has 0 aromatic rings. The third-order valence-electron chi connectivity index (χ3n) is 2.84. The summed E-state index contributed by atoms with van der Waals surface area (Å²) in [6.45, 7) is 1.52. The molecule has 5 heteroatoms. The Morgan fingerprint density at radius 3 is 2.17 bits per heavy atom. The van der Waals surface area contributed by atoms with Gasteiger partial charge in [0.2, 0.25) is 0 Å². The van der Waals surface area contributed by atoms with Crippen LogP contribution in [0, 0.1) is 11.8 Å². The van der Waals surface area contributed by atoms with Crippen LogP contribution < -0.4 is 11.1 Å². The summed E-state index contributed by atoms with van der Waals surface area (Å²) in [7, 11) is -2.79. The molecule has 3 atom stereocenters. The molecule has 2 aliphatic heterocycles. The van der Waals surface area contributed by atoms with Crippen molar-refractivity contribution in [2.24, 2.45) is 17.6 Å². The van der Waals surface area contributed by atoms with E-state index in [1.807, 2.05) is 0 Å². The SMILES string of the molecule is NC1[C@@H]2CNC[C@H]1CS(=O)(=O)C2. The zero-order valence-corrected chi connectivity index (χ0v) is 7.68. The van der Waals surface area contributed by atoms with Crippen LogP contribution in [0.25, 0.3) is 0 Å². The van der Waals surface area contributed by atoms with Gasteiger partial charge in [-0.3, -0.25) is 0 Å². The summed E-state index contributed by atoms with van der Waals surface area (Å²) in [5, 5.41) is 3.21. The van der Waals surface area contributed by atoms with Gasteiger partial charge in [-0.05, 0) is 0 Å². The second-order valence-corrected chi connectivity index (χ2v) is 5.99. The summed E-state index contributed by atoms with van der Waals surface area (Å²) >= 11 is 0. The summed E-state index contributed by atoms with van der Waals surface area (Å²) in [5.41, 5.74) is 5.90. The van der Waals surface area contributed by atoms with Crippen molar-refractivity contribution >= 4 is 9.84 Å². The lowest BCUT2D eigenvalue weighted by Gasteiger charge is -2.40. The minimum Gasteiger partial charge on any atom is -0.327 e. The highest BCUT2D eigenvalue weighted by Crippen LogP contribution is 2.24. The number of hydrogen-bond donors (Lipinski definition) is 2. The van der Waals surface area contributed by atoms with Crippen LogP contribution >= 0.6 is 0 Å². The van der Waals surface area contributed by atoms with E-state index in [0.717, 1.165) is 13.1 Å². The zero-order valence-electron chi connectivity index (χ0n) is 6.86. The Hall–Kier alpha value is -0.130. The average molecular weight is 190 g/mol. The fourth-order valence-electron chi connectivity index (χ4n) is 2.17. The van der Waals surface area contributed by atoms with Gasteiger partial charge in [-0.25, -0.2) is 8.42 Å². The molecule has 2 saturated heterocycles. The Kier molecular flexibility index (Phi) is 1.89. The average Bonchev–Trinajstić information content (AvgIpc) is 1.92. The molecule has 4 nitrogen and oxygen atoms in total. The van der Waals surface area contributed by atoms with Gasteiger partial charge in [-0.2, -0.15) is 0 Å². The molecule has 2 rings (SSSR count). The summed E-state index contributed by atoms with van der Waals surface area (Å²) in [5.74, 6) is 0.833. The minimum absolute atomic E-state index is 0.0924. The smallest absolute Gasteiger partial charge is 0.151 e. The first-order valence-corrected chi connectivity index (χ1v) is 6.07. The molecular formula is C7H14N2O2S. The fourth-order valence-corrected chi connectivity index (χ4v) is 4.29. The Morgan fingerprint density at radius 2 is 1.67 bits per heavy atom. The van der Waals surface area contributed by atoms with Crippen molar-refractivity contribution in [3.8, 4) is 0 Å². The van der Waals surface area contributed by atoms with Crippen molar-refractivity contribution in [2.75, 3.05) is 24.6 Å². The van der Waals surface area contributed by atoms with Crippen LogP contribution in [-0.4, -0.2) is 39.1 Å². The standard InChI is InChI=1S/C7H14N2O2S/c8-7-5-1-9-2-6(7)4-12(10,11)3-5/h5-7,9H,1-4,8H2/t5-,6+,7?. The van der Waals surface area contributed by atoms with E-state index in [2.05, 4.69) is 5.32 Å². The predicted octanol–water partition coefficient (Wildman–Crippen LogP) is -1.42. The maximum Gasteiger partial charge on any atom is 0.151 e. The van der Waals surface area contributed by atoms with E-state index in [-0.39, 0.29) is 29.4 Å². The fraction of sp³-hybridized carbons (Fsp3) is 1.00. The molecule has 0 aromatic heterocycles. The lowest BCUT2D eigenvalue weighted by atomic mass is 9.87. The van der Waals surface area contributed by atoms with E-state index in [1.165, 1.54) is 0 Å². The highest BCUT2D eigenvalue weighted by atomic mass is 32.2. The summed E-state index contributed by atoms with van der Waals surface area (Å²) in [6, 6.07) is 0.0924. The Labute approximate surface area is 72.4 Å². The van der Waals surface area contributed by atoms with Gasteiger partial charge in [0.25, 0.3) is 0 Å².